The van der Waals surface area contributed by atoms with Crippen molar-refractivity contribution in [2.75, 3.05) is 18.9 Å². The van der Waals surface area contributed by atoms with Crippen molar-refractivity contribution in [3.05, 3.63) is 87.4 Å². The van der Waals surface area contributed by atoms with Gasteiger partial charge in [0, 0.05) is 34.8 Å². The quantitative estimate of drug-likeness (QED) is 0.298. The number of aryl methyl sites for hydroxylation is 1. The summed E-state index contributed by atoms with van der Waals surface area (Å²) in [6.07, 6.45) is 0. The Labute approximate surface area is 215 Å². The third-order valence-electron chi connectivity index (χ3n) is 5.29. The second kappa shape index (κ2) is 10.3. The molecule has 4 rings (SSSR count). The predicted molar refractivity (Wildman–Crippen MR) is 137 cm³/mol. The average Bonchev–Trinajstić information content (AvgIpc) is 3.32. The molecule has 0 saturated carbocycles. The zero-order valence-electron chi connectivity index (χ0n) is 19.2. The van der Waals surface area contributed by atoms with Gasteiger partial charge in [0.05, 0.1) is 17.7 Å². The van der Waals surface area contributed by atoms with Gasteiger partial charge in [-0.05, 0) is 54.4 Å². The third kappa shape index (κ3) is 5.23. The van der Waals surface area contributed by atoms with E-state index in [4.69, 9.17) is 16.3 Å². The van der Waals surface area contributed by atoms with E-state index in [0.717, 1.165) is 17.4 Å². The van der Waals surface area contributed by atoms with Gasteiger partial charge in [-0.2, -0.15) is 0 Å². The minimum atomic E-state index is -3.87. The fourth-order valence-corrected chi connectivity index (χ4v) is 5.73. The van der Waals surface area contributed by atoms with Crippen molar-refractivity contribution in [1.82, 2.24) is 10.2 Å². The Morgan fingerprint density at radius 2 is 1.81 bits per heavy atom. The van der Waals surface area contributed by atoms with Crippen LogP contribution in [0.5, 0.6) is 5.75 Å². The summed E-state index contributed by atoms with van der Waals surface area (Å²) in [5.41, 5.74) is 4.35. The van der Waals surface area contributed by atoms with Crippen LogP contribution in [0.25, 0.3) is 11.1 Å². The molecule has 186 valence electrons. The number of anilines is 1. The van der Waals surface area contributed by atoms with Crippen molar-refractivity contribution in [3.63, 3.8) is 0 Å². The summed E-state index contributed by atoms with van der Waals surface area (Å²) in [6.45, 7) is 1.75. The number of methoxy groups -OCH3 is 1. The second-order valence-corrected chi connectivity index (χ2v) is 10.5. The molecule has 1 aromatic heterocycles. The molecule has 3 aromatic carbocycles. The van der Waals surface area contributed by atoms with Gasteiger partial charge in [-0.15, -0.1) is 10.2 Å². The van der Waals surface area contributed by atoms with E-state index in [1.54, 1.807) is 32.2 Å². The summed E-state index contributed by atoms with van der Waals surface area (Å²) < 4.78 is 61.0. The summed E-state index contributed by atoms with van der Waals surface area (Å²) in [6, 6.07) is 10.9. The fourth-order valence-electron chi connectivity index (χ4n) is 3.68. The average molecular weight is 549 g/mol. The lowest BCUT2D eigenvalue weighted by atomic mass is 9.95. The van der Waals surface area contributed by atoms with Crippen molar-refractivity contribution < 1.29 is 21.9 Å². The van der Waals surface area contributed by atoms with Crippen LogP contribution in [0.2, 0.25) is 5.02 Å². The summed E-state index contributed by atoms with van der Waals surface area (Å²) in [5.74, 6) is -1.09. The van der Waals surface area contributed by atoms with Gasteiger partial charge in [0.15, 0.2) is 0 Å². The van der Waals surface area contributed by atoms with E-state index in [2.05, 4.69) is 19.9 Å². The number of aromatic nitrogens is 2. The van der Waals surface area contributed by atoms with Crippen LogP contribution in [-0.4, -0.2) is 38.5 Å². The lowest BCUT2D eigenvalue weighted by Crippen LogP contribution is -2.14. The molecule has 0 aliphatic rings. The van der Waals surface area contributed by atoms with E-state index in [1.165, 1.54) is 36.9 Å². The first-order valence-corrected chi connectivity index (χ1v) is 13.1. The number of sulfonamides is 1. The normalized spacial score (nSPS) is 12.0. The van der Waals surface area contributed by atoms with Crippen LogP contribution in [-0.2, 0) is 10.0 Å². The lowest BCUT2D eigenvalue weighted by molar-refractivity contribution is 0.414. The molecule has 0 aliphatic carbocycles. The number of rotatable bonds is 7. The standard InChI is InChI=1S/C24H19ClF2N4O3S2/c1-13-6-17(36(32,33)31-24-30-29-12-35-24)4-5-18(13)23(28-2)20-10-21(25)19(11-22(20)34-3)14-7-15(26)9-16(27)8-14/h4-12H,1-3H3,(H,30,31). The van der Waals surface area contributed by atoms with Gasteiger partial charge in [-0.3, -0.25) is 9.71 Å². The highest BCUT2D eigenvalue weighted by Crippen LogP contribution is 2.36. The van der Waals surface area contributed by atoms with Crippen LogP contribution in [0.15, 0.2) is 63.9 Å². The van der Waals surface area contributed by atoms with Crippen LogP contribution in [0, 0.1) is 18.6 Å². The molecule has 0 unspecified atom stereocenters. The molecular formula is C24H19ClF2N4O3S2. The van der Waals surface area contributed by atoms with Crippen molar-refractivity contribution in [2.45, 2.75) is 11.8 Å². The van der Waals surface area contributed by atoms with Crippen molar-refractivity contribution in [2.24, 2.45) is 4.99 Å². The number of benzene rings is 3. The lowest BCUT2D eigenvalue weighted by Gasteiger charge is -2.17. The van der Waals surface area contributed by atoms with Gasteiger partial charge >= 0.3 is 0 Å². The van der Waals surface area contributed by atoms with E-state index in [0.29, 0.717) is 33.7 Å². The number of nitrogens with zero attached hydrogens (tertiary/aromatic N) is 3. The summed E-state index contributed by atoms with van der Waals surface area (Å²) in [4.78, 5) is 4.44. The van der Waals surface area contributed by atoms with Gasteiger partial charge in [-0.1, -0.05) is 29.0 Å². The van der Waals surface area contributed by atoms with Gasteiger partial charge in [-0.25, -0.2) is 17.2 Å². The molecule has 0 amide bonds. The monoisotopic (exact) mass is 548 g/mol. The highest BCUT2D eigenvalue weighted by molar-refractivity contribution is 7.93. The van der Waals surface area contributed by atoms with Crippen molar-refractivity contribution >= 4 is 43.8 Å². The molecule has 36 heavy (non-hydrogen) atoms. The van der Waals surface area contributed by atoms with Gasteiger partial charge < -0.3 is 4.74 Å². The molecule has 12 heteroatoms. The zero-order chi connectivity index (χ0) is 26.0. The molecule has 7 nitrogen and oxygen atoms in total. The first-order chi connectivity index (χ1) is 17.1. The smallest absolute Gasteiger partial charge is 0.263 e. The van der Waals surface area contributed by atoms with E-state index in [-0.39, 0.29) is 20.6 Å². The molecule has 0 spiro atoms. The highest BCUT2D eigenvalue weighted by atomic mass is 35.5. The number of aliphatic imine (C=N–C) groups is 1. The second-order valence-electron chi connectivity index (χ2n) is 7.59. The van der Waals surface area contributed by atoms with Gasteiger partial charge in [0.2, 0.25) is 5.13 Å². The minimum Gasteiger partial charge on any atom is -0.496 e. The van der Waals surface area contributed by atoms with Crippen LogP contribution >= 0.6 is 22.9 Å². The van der Waals surface area contributed by atoms with E-state index >= 15 is 0 Å². The van der Waals surface area contributed by atoms with Crippen LogP contribution in [0.4, 0.5) is 13.9 Å². The zero-order valence-corrected chi connectivity index (χ0v) is 21.6. The molecule has 0 radical (unpaired) electrons. The highest BCUT2D eigenvalue weighted by Gasteiger charge is 2.21. The number of nitrogens with one attached hydrogen (secondary N) is 1. The molecule has 0 fully saturated rings. The van der Waals surface area contributed by atoms with Crippen LogP contribution in [0.1, 0.15) is 16.7 Å². The predicted octanol–water partition coefficient (Wildman–Crippen LogP) is 5.72. The Hall–Kier alpha value is -3.41. The summed E-state index contributed by atoms with van der Waals surface area (Å²) >= 11 is 7.59. The van der Waals surface area contributed by atoms with Crippen LogP contribution in [0.3, 0.4) is 0 Å². The first kappa shape index (κ1) is 25.7. The molecule has 0 aliphatic heterocycles. The molecule has 4 aromatic rings. The maximum atomic E-state index is 13.8. The number of hydrogen-bond acceptors (Lipinski definition) is 7. The van der Waals surface area contributed by atoms with Crippen molar-refractivity contribution in [1.29, 1.82) is 0 Å². The molecule has 0 bridgehead atoms. The number of halogens is 3. The number of ether oxygens (including phenoxy) is 1. The fraction of sp³-hybridized carbons (Fsp3) is 0.125. The summed E-state index contributed by atoms with van der Waals surface area (Å²) in [7, 11) is -0.832. The Kier molecular flexibility index (Phi) is 7.34. The Morgan fingerprint density at radius 1 is 1.08 bits per heavy atom. The molecular weight excluding hydrogens is 530 g/mol. The topological polar surface area (TPSA) is 93.5 Å². The maximum absolute atomic E-state index is 13.8. The SMILES string of the molecule is CN=C(c1ccc(S(=O)(=O)Nc2nncs2)cc1C)c1cc(Cl)c(-c2cc(F)cc(F)c2)cc1OC. The minimum absolute atomic E-state index is 0.0443. The van der Waals surface area contributed by atoms with Gasteiger partial charge in [0.25, 0.3) is 10.0 Å². The Bertz CT molecular complexity index is 1560. The van der Waals surface area contributed by atoms with E-state index in [9.17, 15) is 17.2 Å². The number of hydrogen-bond donors (Lipinski definition) is 1. The molecule has 1 heterocycles. The largest absolute Gasteiger partial charge is 0.496 e. The maximum Gasteiger partial charge on any atom is 0.263 e. The Morgan fingerprint density at radius 3 is 2.39 bits per heavy atom. The molecule has 1 N–H and O–H groups in total. The van der Waals surface area contributed by atoms with Crippen molar-refractivity contribution in [3.8, 4) is 16.9 Å². The summed E-state index contributed by atoms with van der Waals surface area (Å²) in [5, 5.41) is 7.72. The third-order valence-corrected chi connectivity index (χ3v) is 7.67. The van der Waals surface area contributed by atoms with Gasteiger partial charge in [0.1, 0.15) is 22.9 Å². The first-order valence-electron chi connectivity index (χ1n) is 10.3. The Balaban J connectivity index is 1.75. The molecule has 0 atom stereocenters. The van der Waals surface area contributed by atoms with E-state index in [1.807, 2.05) is 0 Å². The van der Waals surface area contributed by atoms with Crippen LogP contribution < -0.4 is 9.46 Å². The molecule has 0 saturated heterocycles. The van der Waals surface area contributed by atoms with E-state index < -0.39 is 21.7 Å².